The van der Waals surface area contributed by atoms with Gasteiger partial charge in [-0.1, -0.05) is 13.3 Å². The van der Waals surface area contributed by atoms with E-state index in [0.29, 0.717) is 24.4 Å². The first-order valence-corrected chi connectivity index (χ1v) is 7.65. The van der Waals surface area contributed by atoms with Crippen molar-refractivity contribution in [3.63, 3.8) is 0 Å². The highest BCUT2D eigenvalue weighted by Gasteiger charge is 2.08. The molecule has 0 aromatic carbocycles. The molecule has 1 heterocycles. The molecule has 1 aromatic heterocycles. The van der Waals surface area contributed by atoms with Gasteiger partial charge in [-0.05, 0) is 32.3 Å². The van der Waals surface area contributed by atoms with E-state index in [1.54, 1.807) is 18.3 Å². The predicted octanol–water partition coefficient (Wildman–Crippen LogP) is 2.63. The van der Waals surface area contributed by atoms with Crippen LogP contribution in [0.15, 0.2) is 18.3 Å². The Bertz CT molecular complexity index is 491. The van der Waals surface area contributed by atoms with E-state index in [1.165, 1.54) is 0 Å². The lowest BCUT2D eigenvalue weighted by Crippen LogP contribution is -2.24. The molecule has 1 amide bonds. The number of carbonyl (C=O) groups excluding carboxylic acids is 1. The van der Waals surface area contributed by atoms with E-state index in [4.69, 9.17) is 9.84 Å². The van der Waals surface area contributed by atoms with Crippen molar-refractivity contribution in [1.29, 1.82) is 0 Å². The highest BCUT2D eigenvalue weighted by Crippen LogP contribution is 2.12. The van der Waals surface area contributed by atoms with E-state index in [1.807, 2.05) is 13.8 Å². The minimum atomic E-state index is -0.783. The number of nitrogens with one attached hydrogen (secondary N) is 1. The van der Waals surface area contributed by atoms with Gasteiger partial charge in [0.05, 0.1) is 6.10 Å². The Hall–Kier alpha value is -2.11. The smallest absolute Gasteiger partial charge is 0.303 e. The van der Waals surface area contributed by atoms with Crippen LogP contribution in [-0.4, -0.2) is 34.6 Å². The SMILES string of the molecule is CCC(C)Oc1cc(C(=O)NCCCCCC(=O)O)ccn1. The molecule has 0 aliphatic carbocycles. The van der Waals surface area contributed by atoms with Gasteiger partial charge >= 0.3 is 5.97 Å². The number of hydrogen-bond acceptors (Lipinski definition) is 4. The molecule has 1 unspecified atom stereocenters. The van der Waals surface area contributed by atoms with Gasteiger partial charge in [0.1, 0.15) is 0 Å². The fraction of sp³-hybridized carbons (Fsp3) is 0.562. The number of hydrogen-bond donors (Lipinski definition) is 2. The lowest BCUT2D eigenvalue weighted by molar-refractivity contribution is -0.137. The summed E-state index contributed by atoms with van der Waals surface area (Å²) in [6.07, 6.45) is 4.83. The lowest BCUT2D eigenvalue weighted by atomic mass is 10.2. The fourth-order valence-corrected chi connectivity index (χ4v) is 1.79. The van der Waals surface area contributed by atoms with Crippen LogP contribution in [0.25, 0.3) is 0 Å². The summed E-state index contributed by atoms with van der Waals surface area (Å²) in [5.74, 6) is -0.507. The number of amides is 1. The van der Waals surface area contributed by atoms with Crippen LogP contribution in [0.4, 0.5) is 0 Å². The van der Waals surface area contributed by atoms with Gasteiger partial charge in [-0.3, -0.25) is 9.59 Å². The molecule has 6 heteroatoms. The molecular formula is C16H24N2O4. The Balaban J connectivity index is 2.36. The van der Waals surface area contributed by atoms with Gasteiger partial charge in [0.15, 0.2) is 0 Å². The second-order valence-electron chi connectivity index (χ2n) is 5.18. The van der Waals surface area contributed by atoms with Gasteiger partial charge in [-0.2, -0.15) is 0 Å². The van der Waals surface area contributed by atoms with Gasteiger partial charge in [0.2, 0.25) is 5.88 Å². The summed E-state index contributed by atoms with van der Waals surface area (Å²) >= 11 is 0. The van der Waals surface area contributed by atoms with E-state index < -0.39 is 5.97 Å². The van der Waals surface area contributed by atoms with Crippen LogP contribution in [0.2, 0.25) is 0 Å². The number of nitrogens with zero attached hydrogens (tertiary/aromatic N) is 1. The number of ether oxygens (including phenoxy) is 1. The quantitative estimate of drug-likeness (QED) is 0.649. The number of pyridine rings is 1. The first kappa shape index (κ1) is 17.9. The Morgan fingerprint density at radius 1 is 1.36 bits per heavy atom. The molecule has 1 rings (SSSR count). The molecule has 0 bridgehead atoms. The number of carboxylic acids is 1. The molecule has 2 N–H and O–H groups in total. The van der Waals surface area contributed by atoms with Crippen molar-refractivity contribution < 1.29 is 19.4 Å². The molecule has 0 spiro atoms. The summed E-state index contributed by atoms with van der Waals surface area (Å²) in [7, 11) is 0. The Morgan fingerprint density at radius 2 is 2.14 bits per heavy atom. The van der Waals surface area contributed by atoms with E-state index in [9.17, 15) is 9.59 Å². The number of rotatable bonds is 10. The summed E-state index contributed by atoms with van der Waals surface area (Å²) in [6, 6.07) is 3.27. The van der Waals surface area contributed by atoms with Crippen LogP contribution in [0.1, 0.15) is 56.3 Å². The molecule has 0 aliphatic rings. The van der Waals surface area contributed by atoms with Gasteiger partial charge in [-0.25, -0.2) is 4.98 Å². The summed E-state index contributed by atoms with van der Waals surface area (Å²) in [5.41, 5.74) is 0.513. The molecule has 0 saturated heterocycles. The van der Waals surface area contributed by atoms with Crippen molar-refractivity contribution in [2.45, 2.75) is 52.1 Å². The number of aromatic nitrogens is 1. The number of unbranched alkanes of at least 4 members (excludes halogenated alkanes) is 2. The summed E-state index contributed by atoms with van der Waals surface area (Å²) in [4.78, 5) is 26.5. The standard InChI is InChI=1S/C16H24N2O4/c1-3-12(2)22-14-11-13(8-10-17-14)16(21)18-9-6-4-5-7-15(19)20/h8,10-12H,3-7,9H2,1-2H3,(H,18,21)(H,19,20). The average Bonchev–Trinajstić information content (AvgIpc) is 2.50. The van der Waals surface area contributed by atoms with Gasteiger partial charge in [0.25, 0.3) is 5.91 Å². The topological polar surface area (TPSA) is 88.5 Å². The zero-order chi connectivity index (χ0) is 16.4. The summed E-state index contributed by atoms with van der Waals surface area (Å²) in [5, 5.41) is 11.3. The van der Waals surface area contributed by atoms with Crippen LogP contribution < -0.4 is 10.1 Å². The minimum absolute atomic E-state index is 0.0556. The van der Waals surface area contributed by atoms with Crippen molar-refractivity contribution in [1.82, 2.24) is 10.3 Å². The maximum Gasteiger partial charge on any atom is 0.303 e. The van der Waals surface area contributed by atoms with Crippen LogP contribution in [0.5, 0.6) is 5.88 Å². The second-order valence-corrected chi connectivity index (χ2v) is 5.18. The molecule has 0 fully saturated rings. The Kier molecular flexibility index (Phi) is 7.96. The van der Waals surface area contributed by atoms with Crippen molar-refractivity contribution in [2.75, 3.05) is 6.54 Å². The maximum atomic E-state index is 12.0. The number of carboxylic acid groups (broad SMARTS) is 1. The zero-order valence-corrected chi connectivity index (χ0v) is 13.2. The van der Waals surface area contributed by atoms with Crippen molar-refractivity contribution in [3.8, 4) is 5.88 Å². The lowest BCUT2D eigenvalue weighted by Gasteiger charge is -2.12. The number of aliphatic carboxylic acids is 1. The van der Waals surface area contributed by atoms with E-state index in [0.717, 1.165) is 19.3 Å². The molecular weight excluding hydrogens is 284 g/mol. The molecule has 6 nitrogen and oxygen atoms in total. The normalized spacial score (nSPS) is 11.7. The molecule has 0 radical (unpaired) electrons. The molecule has 0 saturated carbocycles. The summed E-state index contributed by atoms with van der Waals surface area (Å²) in [6.45, 7) is 4.50. The third kappa shape index (κ3) is 7.06. The van der Waals surface area contributed by atoms with Crippen LogP contribution >= 0.6 is 0 Å². The van der Waals surface area contributed by atoms with Gasteiger partial charge < -0.3 is 15.2 Å². The monoisotopic (exact) mass is 308 g/mol. The van der Waals surface area contributed by atoms with Crippen molar-refractivity contribution in [3.05, 3.63) is 23.9 Å². The van der Waals surface area contributed by atoms with Crippen LogP contribution in [-0.2, 0) is 4.79 Å². The first-order chi connectivity index (χ1) is 10.5. The van der Waals surface area contributed by atoms with Gasteiger partial charge in [0, 0.05) is 30.8 Å². The Labute approximate surface area is 130 Å². The fourth-order valence-electron chi connectivity index (χ4n) is 1.79. The number of carbonyl (C=O) groups is 2. The van der Waals surface area contributed by atoms with Gasteiger partial charge in [-0.15, -0.1) is 0 Å². The van der Waals surface area contributed by atoms with E-state index in [2.05, 4.69) is 10.3 Å². The maximum absolute atomic E-state index is 12.0. The van der Waals surface area contributed by atoms with E-state index in [-0.39, 0.29) is 18.4 Å². The molecule has 122 valence electrons. The second kappa shape index (κ2) is 9.76. The predicted molar refractivity (Wildman–Crippen MR) is 83.1 cm³/mol. The first-order valence-electron chi connectivity index (χ1n) is 7.65. The molecule has 1 atom stereocenters. The van der Waals surface area contributed by atoms with Crippen molar-refractivity contribution in [2.24, 2.45) is 0 Å². The van der Waals surface area contributed by atoms with E-state index >= 15 is 0 Å². The van der Waals surface area contributed by atoms with Crippen molar-refractivity contribution >= 4 is 11.9 Å². The molecule has 0 aliphatic heterocycles. The minimum Gasteiger partial charge on any atom is -0.481 e. The highest BCUT2D eigenvalue weighted by molar-refractivity contribution is 5.94. The summed E-state index contributed by atoms with van der Waals surface area (Å²) < 4.78 is 5.59. The largest absolute Gasteiger partial charge is 0.481 e. The highest BCUT2D eigenvalue weighted by atomic mass is 16.5. The van der Waals surface area contributed by atoms with Crippen LogP contribution in [0, 0.1) is 0 Å². The third-order valence-corrected chi connectivity index (χ3v) is 3.25. The molecule has 1 aromatic rings. The molecule has 22 heavy (non-hydrogen) atoms. The van der Waals surface area contributed by atoms with Crippen LogP contribution in [0.3, 0.4) is 0 Å². The average molecular weight is 308 g/mol. The third-order valence-electron chi connectivity index (χ3n) is 3.25. The zero-order valence-electron chi connectivity index (χ0n) is 13.2. The Morgan fingerprint density at radius 3 is 2.82 bits per heavy atom.